The van der Waals surface area contributed by atoms with Gasteiger partial charge in [0.25, 0.3) is 0 Å². The number of benzene rings is 3. The van der Waals surface area contributed by atoms with Crippen LogP contribution in [-0.2, 0) is 6.42 Å². The largest absolute Gasteiger partial charge is 0.508 e. The first-order valence-electron chi connectivity index (χ1n) is 9.89. The lowest BCUT2D eigenvalue weighted by Gasteiger charge is -2.02. The lowest BCUT2D eigenvalue weighted by atomic mass is 10.0. The molecule has 0 spiro atoms. The van der Waals surface area contributed by atoms with Crippen molar-refractivity contribution in [2.45, 2.75) is 39.0 Å². The van der Waals surface area contributed by atoms with Crippen LogP contribution in [0.2, 0.25) is 0 Å². The number of hydrogen-bond acceptors (Lipinski definition) is 4. The Hall–Kier alpha value is -2.72. The third-order valence-corrected chi connectivity index (χ3v) is 6.04. The Morgan fingerprint density at radius 2 is 1.43 bits per heavy atom. The highest BCUT2D eigenvalue weighted by molar-refractivity contribution is 7.17. The Balaban J connectivity index is 1.50. The molecule has 0 radical (unpaired) electrons. The van der Waals surface area contributed by atoms with E-state index in [-0.39, 0.29) is 5.75 Å². The third-order valence-electron chi connectivity index (χ3n) is 5.02. The van der Waals surface area contributed by atoms with Gasteiger partial charge in [-0.1, -0.05) is 80.0 Å². The van der Waals surface area contributed by atoms with Gasteiger partial charge < -0.3 is 5.11 Å². The molecule has 3 nitrogen and oxygen atoms in total. The first-order valence-corrected chi connectivity index (χ1v) is 10.7. The van der Waals surface area contributed by atoms with Gasteiger partial charge in [-0.05, 0) is 47.4 Å². The molecule has 1 aromatic heterocycles. The van der Waals surface area contributed by atoms with E-state index in [0.717, 1.165) is 38.3 Å². The molecule has 0 unspecified atom stereocenters. The van der Waals surface area contributed by atoms with Gasteiger partial charge in [-0.3, -0.25) is 0 Å². The minimum Gasteiger partial charge on any atom is -0.508 e. The van der Waals surface area contributed by atoms with Gasteiger partial charge in [-0.25, -0.2) is 0 Å². The van der Waals surface area contributed by atoms with Crippen molar-refractivity contribution in [1.82, 2.24) is 10.2 Å². The molecule has 0 bridgehead atoms. The molecule has 0 aliphatic rings. The van der Waals surface area contributed by atoms with E-state index in [2.05, 4.69) is 47.5 Å². The fourth-order valence-electron chi connectivity index (χ4n) is 3.39. The Morgan fingerprint density at radius 1 is 0.750 bits per heavy atom. The van der Waals surface area contributed by atoms with Crippen molar-refractivity contribution in [3.63, 3.8) is 0 Å². The minimum absolute atomic E-state index is 0.285. The molecule has 28 heavy (non-hydrogen) atoms. The second-order valence-electron chi connectivity index (χ2n) is 7.17. The summed E-state index contributed by atoms with van der Waals surface area (Å²) in [6, 6.07) is 20.3. The molecule has 0 atom stereocenters. The maximum Gasteiger partial charge on any atom is 0.148 e. The highest BCUT2D eigenvalue weighted by atomic mass is 32.1. The summed E-state index contributed by atoms with van der Waals surface area (Å²) < 4.78 is 0. The summed E-state index contributed by atoms with van der Waals surface area (Å²) in [6.07, 6.45) is 6.31. The Morgan fingerprint density at radius 3 is 2.21 bits per heavy atom. The van der Waals surface area contributed by atoms with Crippen molar-refractivity contribution in [2.24, 2.45) is 0 Å². The molecule has 1 N–H and O–H groups in total. The van der Waals surface area contributed by atoms with Crippen LogP contribution in [0.3, 0.4) is 0 Å². The molecule has 1 heterocycles. The molecule has 0 saturated carbocycles. The Bertz CT molecular complexity index is 1070. The Labute approximate surface area is 169 Å². The van der Waals surface area contributed by atoms with E-state index in [1.165, 1.54) is 31.2 Å². The SMILES string of the molecule is CCCCCCc1ccc(-c2nnc(-c3ccc4cc(O)ccc4c3)s2)cc1. The minimum atomic E-state index is 0.285. The van der Waals surface area contributed by atoms with Crippen LogP contribution < -0.4 is 0 Å². The van der Waals surface area contributed by atoms with Crippen LogP contribution in [0.25, 0.3) is 31.9 Å². The second kappa shape index (κ2) is 8.53. The number of unbranched alkanes of at least 4 members (excludes halogenated alkanes) is 3. The van der Waals surface area contributed by atoms with Crippen LogP contribution in [-0.4, -0.2) is 15.3 Å². The van der Waals surface area contributed by atoms with E-state index < -0.39 is 0 Å². The van der Waals surface area contributed by atoms with E-state index in [4.69, 9.17) is 0 Å². The standard InChI is InChI=1S/C24H24N2OS/c1-2-3-4-5-6-17-7-9-18(10-8-17)23-25-26-24(28-23)21-12-11-20-16-22(27)14-13-19(20)15-21/h7-16,27H,2-6H2,1H3. The number of aryl methyl sites for hydroxylation is 1. The van der Waals surface area contributed by atoms with Gasteiger partial charge in [0, 0.05) is 11.1 Å². The van der Waals surface area contributed by atoms with Crippen molar-refractivity contribution in [2.75, 3.05) is 0 Å². The van der Waals surface area contributed by atoms with Gasteiger partial charge in [0.05, 0.1) is 0 Å². The van der Waals surface area contributed by atoms with Crippen molar-refractivity contribution in [3.8, 4) is 26.9 Å². The number of hydrogen-bond donors (Lipinski definition) is 1. The number of aromatic hydroxyl groups is 1. The summed E-state index contributed by atoms with van der Waals surface area (Å²) in [5.41, 5.74) is 3.56. The average Bonchev–Trinajstić information content (AvgIpc) is 3.21. The molecule has 4 aromatic rings. The molecule has 4 heteroatoms. The monoisotopic (exact) mass is 388 g/mol. The summed E-state index contributed by atoms with van der Waals surface area (Å²) in [4.78, 5) is 0. The maximum atomic E-state index is 9.62. The predicted octanol–water partition coefficient (Wildman–Crippen LogP) is 6.85. The fourth-order valence-corrected chi connectivity index (χ4v) is 4.24. The van der Waals surface area contributed by atoms with Crippen molar-refractivity contribution in [1.29, 1.82) is 0 Å². The zero-order valence-electron chi connectivity index (χ0n) is 16.1. The summed E-state index contributed by atoms with van der Waals surface area (Å²) in [5.74, 6) is 0.285. The van der Waals surface area contributed by atoms with Crippen molar-refractivity contribution in [3.05, 3.63) is 66.2 Å². The third kappa shape index (κ3) is 4.23. The number of nitrogens with zero attached hydrogens (tertiary/aromatic N) is 2. The van der Waals surface area contributed by atoms with Gasteiger partial charge >= 0.3 is 0 Å². The van der Waals surface area contributed by atoms with E-state index in [9.17, 15) is 5.11 Å². The summed E-state index contributed by atoms with van der Waals surface area (Å²) >= 11 is 1.61. The van der Waals surface area contributed by atoms with Gasteiger partial charge in [-0.2, -0.15) is 0 Å². The van der Waals surface area contributed by atoms with E-state index in [0.29, 0.717) is 0 Å². The first-order chi connectivity index (χ1) is 13.7. The molecular formula is C24H24N2OS. The summed E-state index contributed by atoms with van der Waals surface area (Å²) in [5, 5.41) is 22.4. The van der Waals surface area contributed by atoms with Gasteiger partial charge in [-0.15, -0.1) is 10.2 Å². The molecular weight excluding hydrogens is 364 g/mol. The summed E-state index contributed by atoms with van der Waals surface area (Å²) in [6.45, 7) is 2.24. The van der Waals surface area contributed by atoms with E-state index in [1.54, 1.807) is 23.5 Å². The van der Waals surface area contributed by atoms with E-state index >= 15 is 0 Å². The van der Waals surface area contributed by atoms with Crippen LogP contribution in [0.15, 0.2) is 60.7 Å². The average molecular weight is 389 g/mol. The summed E-state index contributed by atoms with van der Waals surface area (Å²) in [7, 11) is 0. The van der Waals surface area contributed by atoms with Crippen LogP contribution in [0.1, 0.15) is 38.2 Å². The van der Waals surface area contributed by atoms with Gasteiger partial charge in [0.1, 0.15) is 15.8 Å². The molecule has 0 saturated heterocycles. The lowest BCUT2D eigenvalue weighted by molar-refractivity contribution is 0.476. The highest BCUT2D eigenvalue weighted by Crippen LogP contribution is 2.32. The molecule has 0 amide bonds. The lowest BCUT2D eigenvalue weighted by Crippen LogP contribution is -1.86. The highest BCUT2D eigenvalue weighted by Gasteiger charge is 2.09. The van der Waals surface area contributed by atoms with Crippen molar-refractivity contribution < 1.29 is 5.11 Å². The number of aromatic nitrogens is 2. The number of fused-ring (bicyclic) bond motifs is 1. The number of rotatable bonds is 7. The zero-order chi connectivity index (χ0) is 19.3. The van der Waals surface area contributed by atoms with Crippen LogP contribution in [0.4, 0.5) is 0 Å². The Kier molecular flexibility index (Phi) is 5.68. The predicted molar refractivity (Wildman–Crippen MR) is 118 cm³/mol. The topological polar surface area (TPSA) is 46.0 Å². The molecule has 3 aromatic carbocycles. The molecule has 142 valence electrons. The maximum absolute atomic E-state index is 9.62. The van der Waals surface area contributed by atoms with Crippen molar-refractivity contribution >= 4 is 22.1 Å². The van der Waals surface area contributed by atoms with Gasteiger partial charge in [0.15, 0.2) is 0 Å². The van der Waals surface area contributed by atoms with Crippen LogP contribution >= 0.6 is 11.3 Å². The van der Waals surface area contributed by atoms with Crippen LogP contribution in [0, 0.1) is 0 Å². The second-order valence-corrected chi connectivity index (χ2v) is 8.14. The molecule has 4 rings (SSSR count). The number of phenols is 1. The normalized spacial score (nSPS) is 11.2. The van der Waals surface area contributed by atoms with Gasteiger partial charge in [0.2, 0.25) is 0 Å². The first kappa shape index (κ1) is 18.6. The molecule has 0 aliphatic carbocycles. The van der Waals surface area contributed by atoms with E-state index in [1.807, 2.05) is 18.2 Å². The fraction of sp³-hybridized carbons (Fsp3) is 0.250. The molecule has 0 aliphatic heterocycles. The van der Waals surface area contributed by atoms with Crippen LogP contribution in [0.5, 0.6) is 5.75 Å². The molecule has 0 fully saturated rings. The smallest absolute Gasteiger partial charge is 0.148 e. The quantitative estimate of drug-likeness (QED) is 0.352. The number of phenolic OH excluding ortho intramolecular Hbond substituents is 1. The zero-order valence-corrected chi connectivity index (χ0v) is 16.9.